The summed E-state index contributed by atoms with van der Waals surface area (Å²) in [6.45, 7) is 8.88. The van der Waals surface area contributed by atoms with Crippen molar-refractivity contribution in [3.8, 4) is 5.88 Å². The molecule has 0 spiro atoms. The van der Waals surface area contributed by atoms with E-state index in [-0.39, 0.29) is 35.1 Å². The van der Waals surface area contributed by atoms with E-state index in [4.69, 9.17) is 14.2 Å². The molecule has 2 aromatic heterocycles. The molecule has 0 aliphatic carbocycles. The zero-order valence-corrected chi connectivity index (χ0v) is 20.5. The Hall–Kier alpha value is -3.77. The average molecular weight is 503 g/mol. The number of H-pyrrole nitrogens is 1. The van der Waals surface area contributed by atoms with Gasteiger partial charge in [-0.2, -0.15) is 4.99 Å². The van der Waals surface area contributed by atoms with Crippen molar-refractivity contribution in [3.63, 3.8) is 0 Å². The predicted octanol–water partition coefficient (Wildman–Crippen LogP) is 2.18. The highest BCUT2D eigenvalue weighted by molar-refractivity contribution is 7.90. The molecule has 3 heterocycles. The van der Waals surface area contributed by atoms with Gasteiger partial charge >= 0.3 is 0 Å². The van der Waals surface area contributed by atoms with Crippen molar-refractivity contribution in [1.82, 2.24) is 15.0 Å². The topological polar surface area (TPSA) is 153 Å². The molecule has 0 saturated heterocycles. The molecule has 1 aliphatic rings. The second-order valence-electron chi connectivity index (χ2n) is 7.81. The number of aromatic amines is 1. The summed E-state index contributed by atoms with van der Waals surface area (Å²) in [5.74, 6) is 0.592. The summed E-state index contributed by atoms with van der Waals surface area (Å²) in [4.78, 5) is 26.5. The Bertz CT molecular complexity index is 1310. The third kappa shape index (κ3) is 6.87. The zero-order chi connectivity index (χ0) is 25.8. The van der Waals surface area contributed by atoms with Crippen LogP contribution in [0.15, 0.2) is 64.8 Å². The molecule has 1 amide bonds. The first-order valence-electron chi connectivity index (χ1n) is 10.5. The van der Waals surface area contributed by atoms with Crippen LogP contribution in [0, 0.1) is 0 Å². The Labute approximate surface area is 202 Å². The summed E-state index contributed by atoms with van der Waals surface area (Å²) >= 11 is 0. The van der Waals surface area contributed by atoms with E-state index in [1.165, 1.54) is 6.20 Å². The highest BCUT2D eigenvalue weighted by Gasteiger charge is 2.26. The first kappa shape index (κ1) is 25.8. The van der Waals surface area contributed by atoms with E-state index in [2.05, 4.69) is 26.5 Å². The molecule has 2 aromatic rings. The van der Waals surface area contributed by atoms with Crippen molar-refractivity contribution in [2.45, 2.75) is 38.0 Å². The minimum absolute atomic E-state index is 0.0455. The quantitative estimate of drug-likeness (QED) is 0.367. The summed E-state index contributed by atoms with van der Waals surface area (Å²) in [5, 5.41) is 9.05. The van der Waals surface area contributed by atoms with Crippen LogP contribution in [0.3, 0.4) is 0 Å². The van der Waals surface area contributed by atoms with E-state index in [0.29, 0.717) is 22.7 Å². The fourth-order valence-corrected chi connectivity index (χ4v) is 3.36. The number of aliphatic imine (C=N–C) groups is 1. The number of nitrogens with zero attached hydrogens (tertiary/aromatic N) is 3. The molecule has 0 saturated carbocycles. The second-order valence-corrected chi connectivity index (χ2v) is 9.77. The van der Waals surface area contributed by atoms with E-state index in [1.54, 1.807) is 45.1 Å². The number of aliphatic hydroxyl groups is 1. The predicted molar refractivity (Wildman–Crippen MR) is 127 cm³/mol. The Morgan fingerprint density at radius 2 is 2.06 bits per heavy atom. The fraction of sp³-hybridized carbons (Fsp3) is 0.304. The van der Waals surface area contributed by atoms with Gasteiger partial charge in [-0.15, -0.1) is 0 Å². The number of aliphatic hydroxyl groups excluding tert-OH is 1. The lowest BCUT2D eigenvalue weighted by molar-refractivity contribution is -0.121. The van der Waals surface area contributed by atoms with E-state index in [0.717, 1.165) is 12.5 Å². The van der Waals surface area contributed by atoms with Crippen LogP contribution >= 0.6 is 0 Å². The maximum absolute atomic E-state index is 11.6. The van der Waals surface area contributed by atoms with Crippen LogP contribution < -0.4 is 4.74 Å². The van der Waals surface area contributed by atoms with Crippen LogP contribution in [0.5, 0.6) is 5.88 Å². The Morgan fingerprint density at radius 1 is 1.31 bits per heavy atom. The third-order valence-electron chi connectivity index (χ3n) is 4.62. The van der Waals surface area contributed by atoms with E-state index in [1.807, 2.05) is 0 Å². The molecule has 0 bridgehead atoms. The Kier molecular flexibility index (Phi) is 7.87. The van der Waals surface area contributed by atoms with Gasteiger partial charge < -0.3 is 24.3 Å². The zero-order valence-electron chi connectivity index (χ0n) is 19.7. The molecule has 0 radical (unpaired) electrons. The number of ether oxygens (including phenoxy) is 3. The van der Waals surface area contributed by atoms with Gasteiger partial charge in [-0.1, -0.05) is 6.58 Å². The summed E-state index contributed by atoms with van der Waals surface area (Å²) < 4.78 is 40.1. The van der Waals surface area contributed by atoms with Crippen molar-refractivity contribution in [2.24, 2.45) is 4.99 Å². The number of sulfone groups is 1. The molecule has 12 heteroatoms. The fourth-order valence-electron chi connectivity index (χ4n) is 2.87. The largest absolute Gasteiger partial charge is 0.493 e. The van der Waals surface area contributed by atoms with Crippen molar-refractivity contribution in [1.29, 1.82) is 0 Å². The molecule has 35 heavy (non-hydrogen) atoms. The van der Waals surface area contributed by atoms with Crippen molar-refractivity contribution in [3.05, 3.63) is 66.2 Å². The lowest BCUT2D eigenvalue weighted by atomic mass is 10.2. The van der Waals surface area contributed by atoms with E-state index < -0.39 is 22.0 Å². The van der Waals surface area contributed by atoms with Gasteiger partial charge in [0.25, 0.3) is 5.91 Å². The van der Waals surface area contributed by atoms with Gasteiger partial charge in [0, 0.05) is 18.0 Å². The highest BCUT2D eigenvalue weighted by atomic mass is 32.2. The number of carbonyl (C=O) groups is 1. The maximum atomic E-state index is 11.6. The van der Waals surface area contributed by atoms with Gasteiger partial charge in [0.2, 0.25) is 11.8 Å². The van der Waals surface area contributed by atoms with Gasteiger partial charge in [-0.05, 0) is 44.6 Å². The number of aromatic nitrogens is 3. The third-order valence-corrected chi connectivity index (χ3v) is 5.59. The number of carbonyl (C=O) groups excluding carboxylic acids is 1. The average Bonchev–Trinajstić information content (AvgIpc) is 3.40. The number of nitrogens with one attached hydrogen (secondary N) is 1. The molecule has 11 nitrogen and oxygen atoms in total. The molecular formula is C23H26N4O7S. The van der Waals surface area contributed by atoms with Gasteiger partial charge in [-0.25, -0.2) is 18.4 Å². The molecule has 1 aliphatic heterocycles. The lowest BCUT2D eigenvalue weighted by Crippen LogP contribution is -2.12. The first-order valence-corrected chi connectivity index (χ1v) is 12.4. The molecule has 0 fully saturated rings. The molecule has 3 rings (SSSR count). The molecule has 0 aromatic carbocycles. The number of hydrogen-bond acceptors (Lipinski definition) is 9. The molecule has 186 valence electrons. The summed E-state index contributed by atoms with van der Waals surface area (Å²) in [6.07, 6.45) is 5.41. The number of hydrogen-bond donors (Lipinski definition) is 2. The Balaban J connectivity index is 1.87. The van der Waals surface area contributed by atoms with Crippen molar-refractivity contribution < 1.29 is 32.5 Å². The summed E-state index contributed by atoms with van der Waals surface area (Å²) in [6, 6.07) is 3.45. The van der Waals surface area contributed by atoms with E-state index in [9.17, 15) is 18.3 Å². The van der Waals surface area contributed by atoms with Crippen LogP contribution in [0.1, 0.15) is 32.2 Å². The van der Waals surface area contributed by atoms with Crippen LogP contribution in [0.4, 0.5) is 0 Å². The molecule has 2 atom stereocenters. The van der Waals surface area contributed by atoms with Gasteiger partial charge in [0.1, 0.15) is 17.6 Å². The van der Waals surface area contributed by atoms with Crippen molar-refractivity contribution in [2.75, 3.05) is 12.9 Å². The smallest absolute Gasteiger partial charge is 0.289 e. The van der Waals surface area contributed by atoms with Crippen LogP contribution in [0.25, 0.3) is 5.57 Å². The molecule has 0 unspecified atom stereocenters. The SMILES string of the molecule is C=C(/C=C(\C=C(/C)O[C@@H](C)CO)Oc1cnc(S(C)(=O)=O)cn1)c1ccc(C2=NC(=O)[C@H](C)O2)[nH]1. The minimum atomic E-state index is -3.51. The molecular weight excluding hydrogens is 476 g/mol. The van der Waals surface area contributed by atoms with Crippen LogP contribution in [-0.4, -0.2) is 65.4 Å². The normalized spacial score (nSPS) is 17.6. The monoisotopic (exact) mass is 502 g/mol. The minimum Gasteiger partial charge on any atom is -0.493 e. The first-order chi connectivity index (χ1) is 16.5. The summed E-state index contributed by atoms with van der Waals surface area (Å²) in [5.41, 5.74) is 1.63. The second kappa shape index (κ2) is 10.7. The number of amides is 1. The number of allylic oxidation sites excluding steroid dienone is 4. The number of rotatable bonds is 10. The Morgan fingerprint density at radius 3 is 2.63 bits per heavy atom. The lowest BCUT2D eigenvalue weighted by Gasteiger charge is -2.13. The van der Waals surface area contributed by atoms with Crippen molar-refractivity contribution >= 4 is 27.2 Å². The van der Waals surface area contributed by atoms with Gasteiger partial charge in [0.15, 0.2) is 21.0 Å². The van der Waals surface area contributed by atoms with Gasteiger partial charge in [-0.3, -0.25) is 4.79 Å². The van der Waals surface area contributed by atoms with Gasteiger partial charge in [0.05, 0.1) is 24.8 Å². The summed E-state index contributed by atoms with van der Waals surface area (Å²) in [7, 11) is -3.51. The van der Waals surface area contributed by atoms with E-state index >= 15 is 0 Å². The van der Waals surface area contributed by atoms with Crippen LogP contribution in [-0.2, 0) is 24.1 Å². The standard InChI is InChI=1S/C23H26N4O7S/c1-13(18-6-7-19(26-18)23-27-22(29)16(4)33-23)8-17(9-14(2)32-15(3)12-28)34-20-10-25-21(11-24-20)35(5,30)31/h6-11,15-16,26,28H,1,12H2,2-5H3/b14-9+,17-8+/t15-,16-/m0/s1. The van der Waals surface area contributed by atoms with Crippen LogP contribution in [0.2, 0.25) is 0 Å². The molecule has 2 N–H and O–H groups in total. The highest BCUT2D eigenvalue weighted by Crippen LogP contribution is 2.21. The maximum Gasteiger partial charge on any atom is 0.289 e.